The van der Waals surface area contributed by atoms with Gasteiger partial charge in [-0.05, 0) is 47.8 Å². The lowest BCUT2D eigenvalue weighted by atomic mass is 10.2. The van der Waals surface area contributed by atoms with Crippen molar-refractivity contribution in [1.29, 1.82) is 0 Å². The van der Waals surface area contributed by atoms with Gasteiger partial charge in [-0.1, -0.05) is 0 Å². The van der Waals surface area contributed by atoms with Crippen molar-refractivity contribution in [3.8, 4) is 0 Å². The first kappa shape index (κ1) is 15.6. The lowest BCUT2D eigenvalue weighted by molar-refractivity contribution is -0.137. The van der Waals surface area contributed by atoms with Crippen LogP contribution >= 0.6 is 27.3 Å². The molecular weight excluding hydrogens is 342 g/mol. The molecule has 1 unspecified atom stereocenters. The topological polar surface area (TPSA) is 83.5 Å². The molecule has 0 fully saturated rings. The van der Waals surface area contributed by atoms with Gasteiger partial charge in [-0.3, -0.25) is 4.79 Å². The summed E-state index contributed by atoms with van der Waals surface area (Å²) < 4.78 is 27.4. The monoisotopic (exact) mass is 355 g/mol. The number of hydrogen-bond acceptors (Lipinski definition) is 4. The molecule has 0 saturated heterocycles. The summed E-state index contributed by atoms with van der Waals surface area (Å²) in [4.78, 5) is 10.4. The molecule has 18 heavy (non-hydrogen) atoms. The number of thiophene rings is 1. The first-order valence-corrected chi connectivity index (χ1v) is 8.31. The molecule has 0 aliphatic rings. The summed E-state index contributed by atoms with van der Waals surface area (Å²) in [5.74, 6) is -0.934. The highest BCUT2D eigenvalue weighted by molar-refractivity contribution is 9.11. The fraction of sp³-hybridized carbons (Fsp3) is 0.500. The van der Waals surface area contributed by atoms with Crippen LogP contribution in [-0.4, -0.2) is 25.5 Å². The third-order valence-electron chi connectivity index (χ3n) is 2.25. The van der Waals surface area contributed by atoms with Crippen LogP contribution in [0.5, 0.6) is 0 Å². The van der Waals surface area contributed by atoms with Crippen molar-refractivity contribution in [1.82, 2.24) is 4.72 Å². The molecular formula is C10H14BrNO4S2. The zero-order chi connectivity index (χ0) is 13.9. The van der Waals surface area contributed by atoms with Gasteiger partial charge in [0.1, 0.15) is 4.21 Å². The SMILES string of the molecule is Cc1cc(S(=O)(=O)NC(C)CCC(=O)O)sc1Br. The predicted octanol–water partition coefficient (Wildman–Crippen LogP) is 2.35. The van der Waals surface area contributed by atoms with Crippen molar-refractivity contribution < 1.29 is 18.3 Å². The minimum Gasteiger partial charge on any atom is -0.481 e. The van der Waals surface area contributed by atoms with E-state index in [9.17, 15) is 13.2 Å². The minimum absolute atomic E-state index is 0.0587. The van der Waals surface area contributed by atoms with E-state index in [1.165, 1.54) is 0 Å². The van der Waals surface area contributed by atoms with Crippen molar-refractivity contribution in [2.75, 3.05) is 0 Å². The standard InChI is InChI=1S/C10H14BrNO4S2/c1-6-5-9(17-10(6)11)18(15,16)12-7(2)3-4-8(13)14/h5,7,12H,3-4H2,1-2H3,(H,13,14). The molecule has 0 aromatic carbocycles. The van der Waals surface area contributed by atoms with Crippen molar-refractivity contribution in [2.45, 2.75) is 36.9 Å². The summed E-state index contributed by atoms with van der Waals surface area (Å²) in [7, 11) is -3.56. The Hall–Kier alpha value is -0.440. The molecule has 0 amide bonds. The minimum atomic E-state index is -3.56. The highest BCUT2D eigenvalue weighted by atomic mass is 79.9. The van der Waals surface area contributed by atoms with Gasteiger partial charge in [-0.2, -0.15) is 0 Å². The molecule has 0 aliphatic heterocycles. The largest absolute Gasteiger partial charge is 0.481 e. The Morgan fingerprint density at radius 2 is 2.22 bits per heavy atom. The van der Waals surface area contributed by atoms with E-state index in [2.05, 4.69) is 20.7 Å². The van der Waals surface area contributed by atoms with Gasteiger partial charge in [0.2, 0.25) is 10.0 Å². The quantitative estimate of drug-likeness (QED) is 0.820. The third kappa shape index (κ3) is 4.34. The predicted molar refractivity (Wildman–Crippen MR) is 73.4 cm³/mol. The molecule has 1 aromatic heterocycles. The molecule has 1 heterocycles. The number of carboxylic acids is 1. The van der Waals surface area contributed by atoms with E-state index in [1.807, 2.05) is 6.92 Å². The maximum absolute atomic E-state index is 12.0. The highest BCUT2D eigenvalue weighted by Gasteiger charge is 2.20. The summed E-state index contributed by atoms with van der Waals surface area (Å²) in [6.45, 7) is 3.46. The Labute approximate surface area is 118 Å². The molecule has 0 bridgehead atoms. The highest BCUT2D eigenvalue weighted by Crippen LogP contribution is 2.30. The number of aryl methyl sites for hydroxylation is 1. The number of sulfonamides is 1. The van der Waals surface area contributed by atoms with Crippen LogP contribution in [0.1, 0.15) is 25.3 Å². The second-order valence-electron chi connectivity index (χ2n) is 3.98. The molecule has 0 radical (unpaired) electrons. The third-order valence-corrected chi connectivity index (χ3v) is 6.45. The van der Waals surface area contributed by atoms with Crippen molar-refractivity contribution in [3.05, 3.63) is 15.4 Å². The van der Waals surface area contributed by atoms with Crippen LogP contribution < -0.4 is 4.72 Å². The molecule has 2 N–H and O–H groups in total. The maximum atomic E-state index is 12.0. The van der Waals surface area contributed by atoms with Crippen molar-refractivity contribution >= 4 is 43.3 Å². The number of carbonyl (C=O) groups is 1. The lowest BCUT2D eigenvalue weighted by Crippen LogP contribution is -2.32. The van der Waals surface area contributed by atoms with Crippen LogP contribution in [0.15, 0.2) is 14.1 Å². The van der Waals surface area contributed by atoms with Crippen LogP contribution in [0.2, 0.25) is 0 Å². The first-order valence-electron chi connectivity index (χ1n) is 5.22. The molecule has 5 nitrogen and oxygen atoms in total. The molecule has 0 saturated carbocycles. The number of aliphatic carboxylic acids is 1. The van der Waals surface area contributed by atoms with E-state index in [0.29, 0.717) is 0 Å². The first-order chi connectivity index (χ1) is 8.22. The second kappa shape index (κ2) is 6.14. The number of halogens is 1. The average molecular weight is 356 g/mol. The smallest absolute Gasteiger partial charge is 0.303 e. The lowest BCUT2D eigenvalue weighted by Gasteiger charge is -2.11. The summed E-state index contributed by atoms with van der Waals surface area (Å²) in [5.41, 5.74) is 0.860. The van der Waals surface area contributed by atoms with E-state index in [-0.39, 0.29) is 17.1 Å². The number of rotatable bonds is 6. The Morgan fingerprint density at radius 3 is 2.67 bits per heavy atom. The van der Waals surface area contributed by atoms with Gasteiger partial charge >= 0.3 is 5.97 Å². The van der Waals surface area contributed by atoms with Crippen LogP contribution in [0.25, 0.3) is 0 Å². The summed E-state index contributed by atoms with van der Waals surface area (Å²) >= 11 is 4.41. The molecule has 1 aromatic rings. The summed E-state index contributed by atoms with van der Waals surface area (Å²) in [6.07, 6.45) is 0.205. The van der Waals surface area contributed by atoms with Crippen LogP contribution in [0, 0.1) is 6.92 Å². The number of hydrogen-bond donors (Lipinski definition) is 2. The van der Waals surface area contributed by atoms with Crippen molar-refractivity contribution in [2.24, 2.45) is 0 Å². The number of nitrogens with one attached hydrogen (secondary N) is 1. The Bertz CT molecular complexity index is 519. The molecule has 8 heteroatoms. The van der Waals surface area contributed by atoms with Gasteiger partial charge in [0.05, 0.1) is 3.79 Å². The zero-order valence-corrected chi connectivity index (χ0v) is 13.2. The van der Waals surface area contributed by atoms with Gasteiger partial charge in [-0.15, -0.1) is 11.3 Å². The second-order valence-corrected chi connectivity index (χ2v) is 8.29. The molecule has 0 spiro atoms. The zero-order valence-electron chi connectivity index (χ0n) is 9.94. The Balaban J connectivity index is 2.73. The van der Waals surface area contributed by atoms with Crippen molar-refractivity contribution in [3.63, 3.8) is 0 Å². The Morgan fingerprint density at radius 1 is 1.61 bits per heavy atom. The molecule has 0 aliphatic carbocycles. The van der Waals surface area contributed by atoms with Gasteiger partial charge < -0.3 is 5.11 Å². The molecule has 1 rings (SSSR count). The van der Waals surface area contributed by atoms with Crippen LogP contribution in [0.3, 0.4) is 0 Å². The Kier molecular flexibility index (Phi) is 5.32. The van der Waals surface area contributed by atoms with E-state index in [4.69, 9.17) is 5.11 Å². The van der Waals surface area contributed by atoms with Crippen LogP contribution in [0.4, 0.5) is 0 Å². The fourth-order valence-electron chi connectivity index (χ4n) is 1.29. The normalized spacial score (nSPS) is 13.5. The van der Waals surface area contributed by atoms with Gasteiger partial charge in [-0.25, -0.2) is 13.1 Å². The van der Waals surface area contributed by atoms with Crippen LogP contribution in [-0.2, 0) is 14.8 Å². The van der Waals surface area contributed by atoms with E-state index in [1.54, 1.807) is 13.0 Å². The van der Waals surface area contributed by atoms with E-state index in [0.717, 1.165) is 20.7 Å². The van der Waals surface area contributed by atoms with E-state index >= 15 is 0 Å². The summed E-state index contributed by atoms with van der Waals surface area (Å²) in [5, 5.41) is 8.54. The van der Waals surface area contributed by atoms with Gasteiger partial charge in [0.25, 0.3) is 0 Å². The van der Waals surface area contributed by atoms with E-state index < -0.39 is 22.0 Å². The number of carboxylic acid groups (broad SMARTS) is 1. The average Bonchev–Trinajstić information content (AvgIpc) is 2.56. The van der Waals surface area contributed by atoms with Gasteiger partial charge in [0, 0.05) is 12.5 Å². The van der Waals surface area contributed by atoms with Gasteiger partial charge in [0.15, 0.2) is 0 Å². The fourth-order valence-corrected chi connectivity index (χ4v) is 4.81. The molecule has 1 atom stereocenters. The summed E-state index contributed by atoms with van der Waals surface area (Å²) in [6, 6.07) is 1.17. The maximum Gasteiger partial charge on any atom is 0.303 e. The molecule has 102 valence electrons.